The molecule has 0 aromatic heterocycles. The highest BCUT2D eigenvalue weighted by Crippen LogP contribution is 2.37. The molecule has 0 aliphatic heterocycles. The van der Waals surface area contributed by atoms with Crippen LogP contribution in [0.4, 0.5) is 0 Å². The van der Waals surface area contributed by atoms with Crippen LogP contribution in [0, 0.1) is 0 Å². The quantitative estimate of drug-likeness (QED) is 0.760. The molecule has 1 unspecified atom stereocenters. The van der Waals surface area contributed by atoms with E-state index < -0.39 is 6.10 Å². The van der Waals surface area contributed by atoms with Gasteiger partial charge in [-0.25, -0.2) is 0 Å². The first-order valence-electron chi connectivity index (χ1n) is 6.93. The number of benzene rings is 1. The molecule has 0 aliphatic carbocycles. The highest BCUT2D eigenvalue weighted by atomic mass is 79.9. The summed E-state index contributed by atoms with van der Waals surface area (Å²) < 4.78 is 12.1. The van der Waals surface area contributed by atoms with Crippen molar-refractivity contribution in [2.24, 2.45) is 0 Å². The first kappa shape index (κ1) is 17.3. The molecular formula is C15H24BrNO3. The van der Waals surface area contributed by atoms with Gasteiger partial charge in [-0.1, -0.05) is 13.8 Å². The maximum absolute atomic E-state index is 9.33. The third kappa shape index (κ3) is 5.69. The number of aliphatic hydroxyl groups is 1. The van der Waals surface area contributed by atoms with Gasteiger partial charge < -0.3 is 19.9 Å². The Balaban J connectivity index is 2.92. The summed E-state index contributed by atoms with van der Waals surface area (Å²) in [7, 11) is 0. The number of rotatable bonds is 8. The van der Waals surface area contributed by atoms with Gasteiger partial charge >= 0.3 is 0 Å². The van der Waals surface area contributed by atoms with Gasteiger partial charge in [0.1, 0.15) is 6.61 Å². The average Bonchev–Trinajstić information content (AvgIpc) is 2.35. The van der Waals surface area contributed by atoms with Crippen LogP contribution >= 0.6 is 15.9 Å². The van der Waals surface area contributed by atoms with Gasteiger partial charge in [0.15, 0.2) is 11.5 Å². The lowest BCUT2D eigenvalue weighted by molar-refractivity contribution is 0.119. The van der Waals surface area contributed by atoms with Gasteiger partial charge in [0.2, 0.25) is 0 Å². The Hall–Kier alpha value is -0.780. The van der Waals surface area contributed by atoms with E-state index in [9.17, 15) is 5.11 Å². The molecule has 5 heteroatoms. The highest BCUT2D eigenvalue weighted by Gasteiger charge is 2.13. The van der Waals surface area contributed by atoms with Gasteiger partial charge in [-0.3, -0.25) is 0 Å². The smallest absolute Gasteiger partial charge is 0.175 e. The van der Waals surface area contributed by atoms with Crippen LogP contribution in [0.3, 0.4) is 0 Å². The van der Waals surface area contributed by atoms with Crippen molar-refractivity contribution >= 4 is 15.9 Å². The van der Waals surface area contributed by atoms with Gasteiger partial charge in [0.25, 0.3) is 0 Å². The van der Waals surface area contributed by atoms with E-state index in [0.29, 0.717) is 24.1 Å². The number of aliphatic hydroxyl groups excluding tert-OH is 1. The van der Waals surface area contributed by atoms with Crippen LogP contribution in [-0.2, 0) is 6.54 Å². The monoisotopic (exact) mass is 345 g/mol. The fourth-order valence-corrected chi connectivity index (χ4v) is 2.26. The number of hydrogen-bond acceptors (Lipinski definition) is 4. The maximum Gasteiger partial charge on any atom is 0.175 e. The molecule has 1 atom stereocenters. The topological polar surface area (TPSA) is 50.7 Å². The zero-order valence-electron chi connectivity index (χ0n) is 12.6. The molecule has 1 rings (SSSR count). The predicted molar refractivity (Wildman–Crippen MR) is 84.5 cm³/mol. The van der Waals surface area contributed by atoms with Crippen molar-refractivity contribution in [3.63, 3.8) is 0 Å². The Morgan fingerprint density at radius 2 is 1.95 bits per heavy atom. The third-order valence-corrected chi connectivity index (χ3v) is 3.14. The SMILES string of the molecule is CCOc1cc(CNC(C)C)cc(Br)c1OCC(C)O. The van der Waals surface area contributed by atoms with E-state index >= 15 is 0 Å². The molecule has 0 heterocycles. The van der Waals surface area contributed by atoms with Crippen molar-refractivity contribution in [2.75, 3.05) is 13.2 Å². The molecule has 0 radical (unpaired) electrons. The van der Waals surface area contributed by atoms with Crippen molar-refractivity contribution in [1.82, 2.24) is 5.32 Å². The predicted octanol–water partition coefficient (Wildman–Crippen LogP) is 3.11. The fraction of sp³-hybridized carbons (Fsp3) is 0.600. The number of hydrogen-bond donors (Lipinski definition) is 2. The first-order chi connectivity index (χ1) is 9.43. The van der Waals surface area contributed by atoms with Crippen LogP contribution in [0.5, 0.6) is 11.5 Å². The minimum absolute atomic E-state index is 0.238. The Labute approximate surface area is 129 Å². The Morgan fingerprint density at radius 1 is 1.25 bits per heavy atom. The molecule has 2 N–H and O–H groups in total. The molecule has 0 bridgehead atoms. The molecular weight excluding hydrogens is 322 g/mol. The summed E-state index contributed by atoms with van der Waals surface area (Å²) in [6.07, 6.45) is -0.515. The molecule has 0 spiro atoms. The Morgan fingerprint density at radius 3 is 2.50 bits per heavy atom. The van der Waals surface area contributed by atoms with E-state index in [-0.39, 0.29) is 6.61 Å². The third-order valence-electron chi connectivity index (χ3n) is 2.55. The minimum atomic E-state index is -0.515. The van der Waals surface area contributed by atoms with Crippen LogP contribution in [0.25, 0.3) is 0 Å². The van der Waals surface area contributed by atoms with Crippen molar-refractivity contribution < 1.29 is 14.6 Å². The zero-order chi connectivity index (χ0) is 15.1. The Bertz CT molecular complexity index is 422. The van der Waals surface area contributed by atoms with E-state index in [4.69, 9.17) is 9.47 Å². The van der Waals surface area contributed by atoms with E-state index in [1.54, 1.807) is 6.92 Å². The molecule has 1 aromatic carbocycles. The van der Waals surface area contributed by atoms with Crippen molar-refractivity contribution in [3.8, 4) is 11.5 Å². The van der Waals surface area contributed by atoms with Crippen molar-refractivity contribution in [3.05, 3.63) is 22.2 Å². The second-order valence-corrected chi connectivity index (χ2v) is 5.89. The van der Waals surface area contributed by atoms with Gasteiger partial charge in [0.05, 0.1) is 17.2 Å². The summed E-state index contributed by atoms with van der Waals surface area (Å²) in [5.41, 5.74) is 1.12. The van der Waals surface area contributed by atoms with Gasteiger partial charge in [-0.2, -0.15) is 0 Å². The zero-order valence-corrected chi connectivity index (χ0v) is 14.2. The standard InChI is InChI=1S/C15H24BrNO3/c1-5-19-14-7-12(8-17-10(2)3)6-13(16)15(14)20-9-11(4)18/h6-7,10-11,17-18H,5,8-9H2,1-4H3. The van der Waals surface area contributed by atoms with Crippen LogP contribution < -0.4 is 14.8 Å². The Kier molecular flexibility index (Phi) is 7.34. The van der Waals surface area contributed by atoms with E-state index in [1.807, 2.05) is 19.1 Å². The summed E-state index contributed by atoms with van der Waals surface area (Å²) in [5.74, 6) is 1.34. The lowest BCUT2D eigenvalue weighted by atomic mass is 10.2. The second kappa shape index (κ2) is 8.49. The molecule has 0 fully saturated rings. The van der Waals surface area contributed by atoms with E-state index in [1.165, 1.54) is 0 Å². The molecule has 0 saturated heterocycles. The molecule has 0 aliphatic rings. The van der Waals surface area contributed by atoms with Gasteiger partial charge in [-0.05, 0) is 47.5 Å². The van der Waals surface area contributed by atoms with Crippen LogP contribution in [0.1, 0.15) is 33.3 Å². The van der Waals surface area contributed by atoms with Gasteiger partial charge in [-0.15, -0.1) is 0 Å². The first-order valence-corrected chi connectivity index (χ1v) is 7.72. The summed E-state index contributed by atoms with van der Waals surface area (Å²) in [6, 6.07) is 4.41. The summed E-state index contributed by atoms with van der Waals surface area (Å²) in [6.45, 7) is 9.42. The molecule has 0 amide bonds. The number of halogens is 1. The average molecular weight is 346 g/mol. The molecule has 20 heavy (non-hydrogen) atoms. The number of ether oxygens (including phenoxy) is 2. The fourth-order valence-electron chi connectivity index (χ4n) is 1.65. The lowest BCUT2D eigenvalue weighted by Crippen LogP contribution is -2.22. The summed E-state index contributed by atoms with van der Waals surface area (Å²) in [5, 5.41) is 12.7. The summed E-state index contributed by atoms with van der Waals surface area (Å²) >= 11 is 3.51. The van der Waals surface area contributed by atoms with E-state index in [2.05, 4.69) is 35.1 Å². The molecule has 4 nitrogen and oxygen atoms in total. The highest BCUT2D eigenvalue weighted by molar-refractivity contribution is 9.10. The molecule has 0 saturated carbocycles. The second-order valence-electron chi connectivity index (χ2n) is 5.03. The van der Waals surface area contributed by atoms with Crippen molar-refractivity contribution in [1.29, 1.82) is 0 Å². The maximum atomic E-state index is 9.33. The normalized spacial score (nSPS) is 12.6. The van der Waals surface area contributed by atoms with E-state index in [0.717, 1.165) is 16.6 Å². The van der Waals surface area contributed by atoms with Crippen LogP contribution in [0.2, 0.25) is 0 Å². The lowest BCUT2D eigenvalue weighted by Gasteiger charge is -2.17. The minimum Gasteiger partial charge on any atom is -0.490 e. The molecule has 114 valence electrons. The van der Waals surface area contributed by atoms with Crippen LogP contribution in [0.15, 0.2) is 16.6 Å². The summed E-state index contributed by atoms with van der Waals surface area (Å²) in [4.78, 5) is 0. The van der Waals surface area contributed by atoms with Crippen LogP contribution in [-0.4, -0.2) is 30.5 Å². The van der Waals surface area contributed by atoms with Gasteiger partial charge in [0, 0.05) is 12.6 Å². The van der Waals surface area contributed by atoms with Crippen molar-refractivity contribution in [2.45, 2.75) is 46.4 Å². The number of nitrogens with one attached hydrogen (secondary N) is 1. The largest absolute Gasteiger partial charge is 0.490 e. The molecule has 1 aromatic rings.